The highest BCUT2D eigenvalue weighted by Gasteiger charge is 2.44. The minimum atomic E-state index is -0.880. The van der Waals surface area contributed by atoms with Crippen molar-refractivity contribution in [2.24, 2.45) is 23.7 Å². The maximum atomic E-state index is 15.3. The number of amides is 2. The molecule has 56 heavy (non-hydrogen) atoms. The molecule has 0 spiro atoms. The Labute approximate surface area is 316 Å². The van der Waals surface area contributed by atoms with Crippen molar-refractivity contribution in [1.29, 1.82) is 10.5 Å². The predicted octanol–water partition coefficient (Wildman–Crippen LogP) is 7.13. The highest BCUT2D eigenvalue weighted by Crippen LogP contribution is 2.42. The molecular formula is C40H30F4N10O2. The van der Waals surface area contributed by atoms with Gasteiger partial charge in [-0.25, -0.2) is 27.5 Å². The van der Waals surface area contributed by atoms with E-state index < -0.39 is 23.3 Å². The fourth-order valence-corrected chi connectivity index (χ4v) is 6.42. The second kappa shape index (κ2) is 14.6. The van der Waals surface area contributed by atoms with E-state index in [1.165, 1.54) is 49.3 Å². The Morgan fingerprint density at radius 1 is 0.661 bits per heavy atom. The predicted molar refractivity (Wildman–Crippen MR) is 200 cm³/mol. The van der Waals surface area contributed by atoms with Gasteiger partial charge in [0, 0.05) is 69.9 Å². The highest BCUT2D eigenvalue weighted by molar-refractivity contribution is 6.02. The summed E-state index contributed by atoms with van der Waals surface area (Å²) in [7, 11) is 0. The van der Waals surface area contributed by atoms with Crippen LogP contribution in [0.5, 0.6) is 0 Å². The zero-order valence-corrected chi connectivity index (χ0v) is 29.7. The molecule has 2 aliphatic rings. The number of fused-ring (bicyclic) bond motifs is 2. The number of aryl methyl sites for hydroxylation is 2. The zero-order chi connectivity index (χ0) is 40.0. The second-order valence-corrected chi connectivity index (χ2v) is 13.6. The molecule has 16 heteroatoms. The summed E-state index contributed by atoms with van der Waals surface area (Å²) in [6, 6.07) is 9.99. The summed E-state index contributed by atoms with van der Waals surface area (Å²) >= 11 is 0. The van der Waals surface area contributed by atoms with Gasteiger partial charge in [-0.1, -0.05) is 0 Å². The molecule has 6 aromatic rings. The maximum absolute atomic E-state index is 15.3. The van der Waals surface area contributed by atoms with Crippen LogP contribution in [0.4, 0.5) is 40.6 Å². The molecule has 4 aromatic heterocycles. The largest absolute Gasteiger partial charge is 0.396 e. The molecular weight excluding hydrogens is 728 g/mol. The number of benzene rings is 2. The fraction of sp³-hybridized carbons (Fsp3) is 0.200. The standard InChI is InChI=1S/2C20H15F2N5O/c2*1-9-2-3-25-7-13(9)16-17(21)12-5-15(26-8-14(12)19(24)18(16)22)27-20(28)11-4-10(11)6-23/h2*2-3,5,7-8,10-11H,4,24H2,1H3,(H,26,27,28)/t2*10-,11+/m10/s1. The molecule has 0 aliphatic heterocycles. The second-order valence-electron chi connectivity index (χ2n) is 13.6. The normalized spacial score (nSPS) is 17.9. The molecule has 2 saturated carbocycles. The lowest BCUT2D eigenvalue weighted by atomic mass is 9.97. The van der Waals surface area contributed by atoms with E-state index in [1.807, 2.05) is 12.1 Å². The number of aromatic nitrogens is 4. The van der Waals surface area contributed by atoms with Gasteiger partial charge in [-0.2, -0.15) is 10.5 Å². The summed E-state index contributed by atoms with van der Waals surface area (Å²) in [6.07, 6.45) is 9.25. The smallest absolute Gasteiger partial charge is 0.230 e. The first kappa shape index (κ1) is 37.1. The number of anilines is 4. The third kappa shape index (κ3) is 6.73. The Bertz CT molecular complexity index is 2530. The van der Waals surface area contributed by atoms with Gasteiger partial charge in [-0.15, -0.1) is 0 Å². The van der Waals surface area contributed by atoms with Gasteiger partial charge >= 0.3 is 0 Å². The number of hydrogen-bond acceptors (Lipinski definition) is 10. The molecule has 2 aromatic carbocycles. The average molecular weight is 759 g/mol. The molecule has 6 N–H and O–H groups in total. The van der Waals surface area contributed by atoms with Crippen LogP contribution in [0.15, 0.2) is 61.4 Å². The first-order valence-electron chi connectivity index (χ1n) is 17.2. The van der Waals surface area contributed by atoms with Crippen LogP contribution in [0.1, 0.15) is 24.0 Å². The van der Waals surface area contributed by atoms with Gasteiger partial charge in [-0.05, 0) is 62.1 Å². The zero-order valence-electron chi connectivity index (χ0n) is 29.7. The van der Waals surface area contributed by atoms with E-state index in [0.717, 1.165) is 0 Å². The van der Waals surface area contributed by atoms with E-state index in [-0.39, 0.29) is 91.2 Å². The third-order valence-corrected chi connectivity index (χ3v) is 9.92. The summed E-state index contributed by atoms with van der Waals surface area (Å²) in [5, 5.41) is 23.1. The number of carbonyl (C=O) groups is 2. The van der Waals surface area contributed by atoms with Crippen molar-refractivity contribution in [3.63, 3.8) is 0 Å². The number of hydrogen-bond donors (Lipinski definition) is 4. The highest BCUT2D eigenvalue weighted by atomic mass is 19.1. The number of pyridine rings is 4. The molecule has 4 heterocycles. The van der Waals surface area contributed by atoms with Crippen molar-refractivity contribution in [2.75, 3.05) is 22.1 Å². The number of carbonyl (C=O) groups excluding carboxylic acids is 2. The van der Waals surface area contributed by atoms with Crippen molar-refractivity contribution in [3.05, 3.63) is 95.8 Å². The summed E-state index contributed by atoms with van der Waals surface area (Å²) in [4.78, 5) is 40.2. The van der Waals surface area contributed by atoms with E-state index in [0.29, 0.717) is 35.1 Å². The van der Waals surface area contributed by atoms with Gasteiger partial charge < -0.3 is 22.1 Å². The van der Waals surface area contributed by atoms with Crippen LogP contribution in [0.2, 0.25) is 0 Å². The molecule has 8 rings (SSSR count). The summed E-state index contributed by atoms with van der Waals surface area (Å²) < 4.78 is 60.2. The molecule has 0 saturated heterocycles. The van der Waals surface area contributed by atoms with Gasteiger partial charge in [0.05, 0.1) is 58.3 Å². The molecule has 0 unspecified atom stereocenters. The van der Waals surface area contributed by atoms with Crippen LogP contribution < -0.4 is 22.1 Å². The van der Waals surface area contributed by atoms with Crippen molar-refractivity contribution >= 4 is 56.4 Å². The van der Waals surface area contributed by atoms with Crippen LogP contribution in [-0.4, -0.2) is 31.8 Å². The van der Waals surface area contributed by atoms with Gasteiger partial charge in [0.15, 0.2) is 11.6 Å². The third-order valence-electron chi connectivity index (χ3n) is 9.92. The maximum Gasteiger partial charge on any atom is 0.230 e. The van der Waals surface area contributed by atoms with E-state index in [9.17, 15) is 18.4 Å². The Morgan fingerprint density at radius 2 is 1.05 bits per heavy atom. The lowest BCUT2D eigenvalue weighted by molar-refractivity contribution is -0.118. The van der Waals surface area contributed by atoms with Crippen molar-refractivity contribution < 1.29 is 27.2 Å². The fourth-order valence-electron chi connectivity index (χ4n) is 6.42. The molecule has 12 nitrogen and oxygen atoms in total. The van der Waals surface area contributed by atoms with Crippen LogP contribution in [-0.2, 0) is 9.59 Å². The molecule has 2 amide bonds. The minimum Gasteiger partial charge on any atom is -0.396 e. The number of rotatable bonds is 6. The Hall–Kier alpha value is -7.20. The van der Waals surface area contributed by atoms with Crippen LogP contribution in [0, 0.1) is 83.5 Å². The van der Waals surface area contributed by atoms with Crippen LogP contribution in [0.3, 0.4) is 0 Å². The molecule has 280 valence electrons. The molecule has 0 radical (unpaired) electrons. The lowest BCUT2D eigenvalue weighted by Gasteiger charge is -2.14. The van der Waals surface area contributed by atoms with Crippen molar-refractivity contribution in [1.82, 2.24) is 19.9 Å². The van der Waals surface area contributed by atoms with Crippen molar-refractivity contribution in [2.45, 2.75) is 26.7 Å². The quantitative estimate of drug-likeness (QED) is 0.0998. The Kier molecular flexibility index (Phi) is 9.65. The summed E-state index contributed by atoms with van der Waals surface area (Å²) in [6.45, 7) is 3.44. The van der Waals surface area contributed by atoms with Crippen LogP contribution in [0.25, 0.3) is 43.8 Å². The first-order valence-corrected chi connectivity index (χ1v) is 17.2. The number of nitrogen functional groups attached to an aromatic ring is 2. The molecule has 2 aliphatic carbocycles. The number of nitriles is 2. The topological polar surface area (TPSA) is 209 Å². The van der Waals surface area contributed by atoms with Gasteiger partial charge in [0.2, 0.25) is 11.8 Å². The molecule has 0 bridgehead atoms. The van der Waals surface area contributed by atoms with Crippen molar-refractivity contribution in [3.8, 4) is 34.4 Å². The number of nitrogens with one attached hydrogen (secondary N) is 2. The summed E-state index contributed by atoms with van der Waals surface area (Å²) in [5.41, 5.74) is 12.7. The number of nitrogens with zero attached hydrogens (tertiary/aromatic N) is 6. The molecule has 4 atom stereocenters. The monoisotopic (exact) mass is 758 g/mol. The minimum absolute atomic E-state index is 0.0371. The van der Waals surface area contributed by atoms with E-state index >= 15 is 8.78 Å². The Balaban J connectivity index is 0.000000172. The van der Waals surface area contributed by atoms with E-state index in [1.54, 1.807) is 26.0 Å². The van der Waals surface area contributed by atoms with Gasteiger partial charge in [-0.3, -0.25) is 19.6 Å². The number of nitrogens with two attached hydrogens (primary N) is 2. The number of halogens is 4. The SMILES string of the molecule is Cc1ccncc1-c1c(F)c(N)c2cnc(NC(=O)[C@@H]3C[C@H]3C#N)cc2c1F.Cc1ccncc1-c1c(F)c(N)c2cnc(NC(=O)[C@H]3C[C@@H]3C#N)cc2c1F. The first-order chi connectivity index (χ1) is 26.8. The lowest BCUT2D eigenvalue weighted by Crippen LogP contribution is -2.15. The molecule has 2 fully saturated rings. The Morgan fingerprint density at radius 3 is 1.39 bits per heavy atom. The average Bonchev–Trinajstić information content (AvgIpc) is 4.13. The van der Waals surface area contributed by atoms with E-state index in [2.05, 4.69) is 30.6 Å². The van der Waals surface area contributed by atoms with E-state index in [4.69, 9.17) is 22.0 Å². The van der Waals surface area contributed by atoms with Gasteiger partial charge in [0.25, 0.3) is 0 Å². The van der Waals surface area contributed by atoms with Crippen LogP contribution >= 0.6 is 0 Å². The van der Waals surface area contributed by atoms with Gasteiger partial charge in [0.1, 0.15) is 23.3 Å². The summed E-state index contributed by atoms with van der Waals surface area (Å²) in [5.74, 6) is -5.24.